The normalized spacial score (nSPS) is 12.2. The van der Waals surface area contributed by atoms with E-state index in [2.05, 4.69) is 0 Å². The van der Waals surface area contributed by atoms with Gasteiger partial charge in [0.15, 0.2) is 0 Å². The van der Waals surface area contributed by atoms with E-state index in [0.717, 1.165) is 0 Å². The number of benzene rings is 1. The fourth-order valence-electron chi connectivity index (χ4n) is 1.14. The third-order valence-electron chi connectivity index (χ3n) is 1.91. The summed E-state index contributed by atoms with van der Waals surface area (Å²) in [6.07, 6.45) is -1.18. The standard InChI is InChI=1S/C10H11FO3/c1-6(11)7-3-4-9(14-2)8(5-7)10(12)13/h3-6H,1-2H3,(H,12,13). The molecule has 1 atom stereocenters. The third kappa shape index (κ3) is 2.02. The average molecular weight is 198 g/mol. The van der Waals surface area contributed by atoms with Crippen molar-refractivity contribution in [1.29, 1.82) is 0 Å². The second-order valence-corrected chi connectivity index (χ2v) is 2.88. The van der Waals surface area contributed by atoms with Crippen LogP contribution >= 0.6 is 0 Å². The minimum Gasteiger partial charge on any atom is -0.496 e. The number of halogens is 1. The van der Waals surface area contributed by atoms with Crippen molar-refractivity contribution in [3.63, 3.8) is 0 Å². The number of carboxylic acid groups (broad SMARTS) is 1. The Morgan fingerprint density at radius 1 is 1.57 bits per heavy atom. The number of carboxylic acids is 1. The smallest absolute Gasteiger partial charge is 0.339 e. The van der Waals surface area contributed by atoms with Crippen LogP contribution in [0.5, 0.6) is 5.75 Å². The van der Waals surface area contributed by atoms with Gasteiger partial charge in [0.2, 0.25) is 0 Å². The quantitative estimate of drug-likeness (QED) is 0.811. The largest absolute Gasteiger partial charge is 0.496 e. The average Bonchev–Trinajstić information content (AvgIpc) is 2.16. The van der Waals surface area contributed by atoms with Gasteiger partial charge in [-0.1, -0.05) is 6.07 Å². The lowest BCUT2D eigenvalue weighted by Gasteiger charge is -2.07. The highest BCUT2D eigenvalue weighted by molar-refractivity contribution is 5.91. The van der Waals surface area contributed by atoms with E-state index < -0.39 is 12.1 Å². The maximum atomic E-state index is 12.9. The topological polar surface area (TPSA) is 46.5 Å². The number of hydrogen-bond donors (Lipinski definition) is 1. The van der Waals surface area contributed by atoms with E-state index in [4.69, 9.17) is 9.84 Å². The predicted octanol–water partition coefficient (Wildman–Crippen LogP) is 2.42. The van der Waals surface area contributed by atoms with Crippen LogP contribution in [0.3, 0.4) is 0 Å². The molecule has 1 aromatic carbocycles. The van der Waals surface area contributed by atoms with Crippen LogP contribution in [0.25, 0.3) is 0 Å². The maximum Gasteiger partial charge on any atom is 0.339 e. The Balaban J connectivity index is 3.21. The van der Waals surface area contributed by atoms with Crippen LogP contribution in [0.15, 0.2) is 18.2 Å². The molecular weight excluding hydrogens is 187 g/mol. The summed E-state index contributed by atoms with van der Waals surface area (Å²) in [5.41, 5.74) is 0.317. The molecular formula is C10H11FO3. The number of methoxy groups -OCH3 is 1. The highest BCUT2D eigenvalue weighted by Gasteiger charge is 2.13. The Hall–Kier alpha value is -1.58. The minimum absolute atomic E-state index is 0.0190. The van der Waals surface area contributed by atoms with Crippen molar-refractivity contribution < 1.29 is 19.0 Å². The molecule has 4 heteroatoms. The molecule has 1 N–H and O–H groups in total. The summed E-state index contributed by atoms with van der Waals surface area (Å²) < 4.78 is 17.7. The molecule has 0 spiro atoms. The van der Waals surface area contributed by atoms with E-state index in [1.54, 1.807) is 0 Å². The molecule has 0 amide bonds. The Labute approximate surface area is 81.1 Å². The van der Waals surface area contributed by atoms with Crippen molar-refractivity contribution in [1.82, 2.24) is 0 Å². The van der Waals surface area contributed by atoms with Crippen molar-refractivity contribution in [3.8, 4) is 5.75 Å². The van der Waals surface area contributed by atoms with Crippen LogP contribution < -0.4 is 4.74 Å². The summed E-state index contributed by atoms with van der Waals surface area (Å²) in [4.78, 5) is 10.8. The first-order valence-electron chi connectivity index (χ1n) is 4.11. The Morgan fingerprint density at radius 3 is 2.64 bits per heavy atom. The predicted molar refractivity (Wildman–Crippen MR) is 49.5 cm³/mol. The molecule has 0 heterocycles. The van der Waals surface area contributed by atoms with Crippen LogP contribution in [0.4, 0.5) is 4.39 Å². The number of alkyl halides is 1. The first-order valence-corrected chi connectivity index (χ1v) is 4.11. The molecule has 0 fully saturated rings. The molecule has 0 aromatic heterocycles. The minimum atomic E-state index is -1.18. The van der Waals surface area contributed by atoms with Gasteiger partial charge in [0.05, 0.1) is 7.11 Å². The molecule has 1 unspecified atom stereocenters. The first-order chi connectivity index (χ1) is 6.56. The monoisotopic (exact) mass is 198 g/mol. The van der Waals surface area contributed by atoms with Crippen LogP contribution in [0.1, 0.15) is 29.0 Å². The second kappa shape index (κ2) is 4.09. The first kappa shape index (κ1) is 10.5. The van der Waals surface area contributed by atoms with Crippen molar-refractivity contribution >= 4 is 5.97 Å². The Bertz CT molecular complexity index is 347. The Kier molecular flexibility index (Phi) is 3.06. The SMILES string of the molecule is COc1ccc(C(C)F)cc1C(=O)O. The van der Waals surface area contributed by atoms with Gasteiger partial charge in [-0.3, -0.25) is 0 Å². The van der Waals surface area contributed by atoms with Crippen molar-refractivity contribution in [3.05, 3.63) is 29.3 Å². The van der Waals surface area contributed by atoms with Crippen molar-refractivity contribution in [2.24, 2.45) is 0 Å². The van der Waals surface area contributed by atoms with Gasteiger partial charge in [-0.25, -0.2) is 9.18 Å². The maximum absolute atomic E-state index is 12.9. The fourth-order valence-corrected chi connectivity index (χ4v) is 1.14. The van der Waals surface area contributed by atoms with Gasteiger partial charge in [-0.05, 0) is 24.6 Å². The van der Waals surface area contributed by atoms with E-state index >= 15 is 0 Å². The van der Waals surface area contributed by atoms with E-state index in [0.29, 0.717) is 5.56 Å². The molecule has 1 rings (SSSR count). The van der Waals surface area contributed by atoms with Gasteiger partial charge >= 0.3 is 5.97 Å². The highest BCUT2D eigenvalue weighted by Crippen LogP contribution is 2.24. The summed E-state index contributed by atoms with van der Waals surface area (Å²) in [6, 6.07) is 4.25. The summed E-state index contributed by atoms with van der Waals surface area (Å²) >= 11 is 0. The van der Waals surface area contributed by atoms with Gasteiger partial charge in [-0.15, -0.1) is 0 Å². The van der Waals surface area contributed by atoms with E-state index in [1.807, 2.05) is 0 Å². The molecule has 1 aromatic rings. The highest BCUT2D eigenvalue weighted by atomic mass is 19.1. The lowest BCUT2D eigenvalue weighted by atomic mass is 10.1. The fraction of sp³-hybridized carbons (Fsp3) is 0.300. The van der Waals surface area contributed by atoms with E-state index in [9.17, 15) is 9.18 Å². The van der Waals surface area contributed by atoms with Crippen LogP contribution in [0, 0.1) is 0 Å². The summed E-state index contributed by atoms with van der Waals surface area (Å²) in [5.74, 6) is -0.883. The van der Waals surface area contributed by atoms with E-state index in [1.165, 1.54) is 32.2 Å². The lowest BCUT2D eigenvalue weighted by Crippen LogP contribution is -2.01. The molecule has 0 aliphatic carbocycles. The molecule has 76 valence electrons. The molecule has 0 aliphatic rings. The third-order valence-corrected chi connectivity index (χ3v) is 1.91. The van der Waals surface area contributed by atoms with Crippen LogP contribution in [-0.2, 0) is 0 Å². The summed E-state index contributed by atoms with van der Waals surface area (Å²) in [6.45, 7) is 1.35. The molecule has 0 aliphatic heterocycles. The molecule has 3 nitrogen and oxygen atoms in total. The molecule has 0 saturated carbocycles. The van der Waals surface area contributed by atoms with Crippen LogP contribution in [0.2, 0.25) is 0 Å². The molecule has 0 saturated heterocycles. The van der Waals surface area contributed by atoms with Crippen LogP contribution in [-0.4, -0.2) is 18.2 Å². The second-order valence-electron chi connectivity index (χ2n) is 2.88. The number of ether oxygens (including phenoxy) is 1. The van der Waals surface area contributed by atoms with E-state index in [-0.39, 0.29) is 11.3 Å². The summed E-state index contributed by atoms with van der Waals surface area (Å²) in [5, 5.41) is 8.80. The van der Waals surface area contributed by atoms with Gasteiger partial charge in [0.25, 0.3) is 0 Å². The zero-order chi connectivity index (χ0) is 10.7. The van der Waals surface area contributed by atoms with Crippen molar-refractivity contribution in [2.75, 3.05) is 7.11 Å². The number of carbonyl (C=O) groups is 1. The molecule has 14 heavy (non-hydrogen) atoms. The summed E-state index contributed by atoms with van der Waals surface area (Å²) in [7, 11) is 1.38. The molecule has 0 bridgehead atoms. The zero-order valence-corrected chi connectivity index (χ0v) is 7.95. The Morgan fingerprint density at radius 2 is 2.21 bits per heavy atom. The van der Waals surface area contributed by atoms with Gasteiger partial charge < -0.3 is 9.84 Å². The lowest BCUT2D eigenvalue weighted by molar-refractivity contribution is 0.0693. The number of hydrogen-bond acceptors (Lipinski definition) is 2. The number of rotatable bonds is 3. The number of aromatic carboxylic acids is 1. The molecule has 0 radical (unpaired) electrons. The van der Waals surface area contributed by atoms with Gasteiger partial charge in [0.1, 0.15) is 17.5 Å². The zero-order valence-electron chi connectivity index (χ0n) is 7.95. The van der Waals surface area contributed by atoms with Crippen molar-refractivity contribution in [2.45, 2.75) is 13.1 Å². The van der Waals surface area contributed by atoms with Gasteiger partial charge in [0, 0.05) is 0 Å². The van der Waals surface area contributed by atoms with Gasteiger partial charge in [-0.2, -0.15) is 0 Å².